The van der Waals surface area contributed by atoms with Crippen molar-refractivity contribution in [1.29, 1.82) is 0 Å². The van der Waals surface area contributed by atoms with E-state index in [2.05, 4.69) is 40.4 Å². The molecule has 0 radical (unpaired) electrons. The molecule has 1 heterocycles. The van der Waals surface area contributed by atoms with E-state index in [1.54, 1.807) is 12.1 Å². The Morgan fingerprint density at radius 1 is 1.00 bits per heavy atom. The number of nitrogens with one attached hydrogen (secondary N) is 2. The minimum Gasteiger partial charge on any atom is -0.465 e. The monoisotopic (exact) mass is 381 g/mol. The summed E-state index contributed by atoms with van der Waals surface area (Å²) < 4.78 is 4.69. The highest BCUT2D eigenvalue weighted by molar-refractivity contribution is 5.89. The number of methoxy groups -OCH3 is 1. The number of hydrogen-bond acceptors (Lipinski definition) is 3. The Morgan fingerprint density at radius 2 is 1.68 bits per heavy atom. The molecule has 5 heteroatoms. The first kappa shape index (κ1) is 20.1. The summed E-state index contributed by atoms with van der Waals surface area (Å²) >= 11 is 0. The SMILES string of the molecule is COC(=O)c1ccc(CNC(=O)C[NH+]2CCC(Cc3ccccc3)CC2)cc1. The van der Waals surface area contributed by atoms with Gasteiger partial charge >= 0.3 is 5.97 Å². The third kappa shape index (κ3) is 5.92. The number of hydrogen-bond donors (Lipinski definition) is 2. The zero-order chi connectivity index (χ0) is 19.8. The van der Waals surface area contributed by atoms with Crippen molar-refractivity contribution < 1.29 is 19.2 Å². The second-order valence-electron chi connectivity index (χ2n) is 7.53. The largest absolute Gasteiger partial charge is 0.465 e. The molecule has 148 valence electrons. The Hall–Kier alpha value is -2.66. The van der Waals surface area contributed by atoms with Gasteiger partial charge in [0.1, 0.15) is 0 Å². The third-order valence-electron chi connectivity index (χ3n) is 5.45. The van der Waals surface area contributed by atoms with Gasteiger partial charge in [0.15, 0.2) is 6.54 Å². The number of carbonyl (C=O) groups excluding carboxylic acids is 2. The van der Waals surface area contributed by atoms with E-state index in [-0.39, 0.29) is 11.9 Å². The van der Waals surface area contributed by atoms with E-state index in [4.69, 9.17) is 0 Å². The maximum Gasteiger partial charge on any atom is 0.337 e. The fourth-order valence-electron chi connectivity index (χ4n) is 3.78. The average Bonchev–Trinajstić information content (AvgIpc) is 2.74. The van der Waals surface area contributed by atoms with Gasteiger partial charge in [0.25, 0.3) is 5.91 Å². The van der Waals surface area contributed by atoms with Gasteiger partial charge in [-0.3, -0.25) is 4.79 Å². The Labute approximate surface area is 166 Å². The zero-order valence-electron chi connectivity index (χ0n) is 16.4. The molecule has 2 aromatic carbocycles. The summed E-state index contributed by atoms with van der Waals surface area (Å²) in [5.74, 6) is 0.450. The predicted molar refractivity (Wildman–Crippen MR) is 108 cm³/mol. The Bertz CT molecular complexity index is 766. The molecule has 1 saturated heterocycles. The highest BCUT2D eigenvalue weighted by Gasteiger charge is 2.23. The molecule has 0 aliphatic carbocycles. The van der Waals surface area contributed by atoms with E-state index < -0.39 is 0 Å². The van der Waals surface area contributed by atoms with Crippen LogP contribution in [0.25, 0.3) is 0 Å². The highest BCUT2D eigenvalue weighted by atomic mass is 16.5. The lowest BCUT2D eigenvalue weighted by molar-refractivity contribution is -0.898. The molecule has 0 saturated carbocycles. The minimum atomic E-state index is -0.352. The summed E-state index contributed by atoms with van der Waals surface area (Å²) in [5.41, 5.74) is 2.89. The van der Waals surface area contributed by atoms with Gasteiger partial charge in [-0.1, -0.05) is 42.5 Å². The number of ether oxygens (including phenoxy) is 1. The van der Waals surface area contributed by atoms with Gasteiger partial charge < -0.3 is 15.0 Å². The fourth-order valence-corrected chi connectivity index (χ4v) is 3.78. The molecule has 0 spiro atoms. The van der Waals surface area contributed by atoms with Crippen LogP contribution < -0.4 is 10.2 Å². The van der Waals surface area contributed by atoms with Crippen LogP contribution in [0.4, 0.5) is 0 Å². The number of carbonyl (C=O) groups is 2. The van der Waals surface area contributed by atoms with Crippen LogP contribution in [0.15, 0.2) is 54.6 Å². The summed E-state index contributed by atoms with van der Waals surface area (Å²) in [6.07, 6.45) is 3.49. The second kappa shape index (κ2) is 10.0. The van der Waals surface area contributed by atoms with Gasteiger partial charge in [0, 0.05) is 6.54 Å². The van der Waals surface area contributed by atoms with Gasteiger partial charge in [-0.15, -0.1) is 0 Å². The molecular weight excluding hydrogens is 352 g/mol. The van der Waals surface area contributed by atoms with Crippen molar-refractivity contribution in [2.75, 3.05) is 26.7 Å². The predicted octanol–water partition coefficient (Wildman–Crippen LogP) is 1.63. The molecule has 5 nitrogen and oxygen atoms in total. The summed E-state index contributed by atoms with van der Waals surface area (Å²) in [4.78, 5) is 25.1. The van der Waals surface area contributed by atoms with E-state index in [1.165, 1.54) is 30.4 Å². The topological polar surface area (TPSA) is 59.8 Å². The van der Waals surface area contributed by atoms with Crippen LogP contribution in [-0.4, -0.2) is 38.6 Å². The van der Waals surface area contributed by atoms with Gasteiger partial charge in [-0.25, -0.2) is 4.79 Å². The Morgan fingerprint density at radius 3 is 2.32 bits per heavy atom. The number of quaternary nitrogens is 1. The van der Waals surface area contributed by atoms with Crippen LogP contribution in [0.3, 0.4) is 0 Å². The molecule has 1 aliphatic rings. The van der Waals surface area contributed by atoms with Crippen molar-refractivity contribution in [3.63, 3.8) is 0 Å². The number of likely N-dealkylation sites (tertiary alicyclic amines) is 1. The first-order chi connectivity index (χ1) is 13.6. The average molecular weight is 381 g/mol. The Balaban J connectivity index is 1.37. The second-order valence-corrected chi connectivity index (χ2v) is 7.53. The summed E-state index contributed by atoms with van der Waals surface area (Å²) in [6, 6.07) is 17.8. The molecule has 2 aromatic rings. The maximum absolute atomic E-state index is 12.3. The van der Waals surface area contributed by atoms with Crippen LogP contribution in [0.2, 0.25) is 0 Å². The summed E-state index contributed by atoms with van der Waals surface area (Å²) in [7, 11) is 1.36. The van der Waals surface area contributed by atoms with Crippen molar-refractivity contribution in [2.45, 2.75) is 25.8 Å². The van der Waals surface area contributed by atoms with Crippen LogP contribution in [0, 0.1) is 5.92 Å². The molecule has 2 N–H and O–H groups in total. The third-order valence-corrected chi connectivity index (χ3v) is 5.45. The van der Waals surface area contributed by atoms with Crippen molar-refractivity contribution in [3.05, 3.63) is 71.3 Å². The minimum absolute atomic E-state index is 0.0774. The van der Waals surface area contributed by atoms with Gasteiger partial charge in [0.2, 0.25) is 0 Å². The molecule has 1 amide bonds. The first-order valence-corrected chi connectivity index (χ1v) is 9.95. The van der Waals surface area contributed by atoms with E-state index in [0.29, 0.717) is 18.7 Å². The van der Waals surface area contributed by atoms with Gasteiger partial charge in [-0.05, 0) is 48.4 Å². The smallest absolute Gasteiger partial charge is 0.337 e. The number of benzene rings is 2. The van der Waals surface area contributed by atoms with E-state index in [1.807, 2.05) is 12.1 Å². The molecule has 1 aliphatic heterocycles. The van der Waals surface area contributed by atoms with Crippen molar-refractivity contribution >= 4 is 11.9 Å². The van der Waals surface area contributed by atoms with Crippen LogP contribution in [-0.2, 0) is 22.5 Å². The highest BCUT2D eigenvalue weighted by Crippen LogP contribution is 2.16. The molecule has 0 aromatic heterocycles. The lowest BCUT2D eigenvalue weighted by Gasteiger charge is -2.29. The zero-order valence-corrected chi connectivity index (χ0v) is 16.4. The van der Waals surface area contributed by atoms with E-state index in [0.717, 1.165) is 31.0 Å². The molecule has 3 rings (SSSR count). The normalized spacial score (nSPS) is 19.0. The van der Waals surface area contributed by atoms with Crippen LogP contribution in [0.5, 0.6) is 0 Å². The molecule has 0 unspecified atom stereocenters. The number of amides is 1. The molecule has 1 fully saturated rings. The van der Waals surface area contributed by atoms with Crippen LogP contribution >= 0.6 is 0 Å². The van der Waals surface area contributed by atoms with E-state index in [9.17, 15) is 9.59 Å². The standard InChI is InChI=1S/C23H28N2O3/c1-28-23(27)21-9-7-20(8-10-21)16-24-22(26)17-25-13-11-19(12-14-25)15-18-5-3-2-4-6-18/h2-10,19H,11-17H2,1H3,(H,24,26)/p+1. The van der Waals surface area contributed by atoms with Gasteiger partial charge in [-0.2, -0.15) is 0 Å². The molecular formula is C23H29N2O3+. The number of rotatable bonds is 7. The van der Waals surface area contributed by atoms with Crippen molar-refractivity contribution in [1.82, 2.24) is 5.32 Å². The number of piperidine rings is 1. The van der Waals surface area contributed by atoms with Crippen molar-refractivity contribution in [2.24, 2.45) is 5.92 Å². The van der Waals surface area contributed by atoms with Gasteiger partial charge in [0.05, 0.1) is 25.8 Å². The summed E-state index contributed by atoms with van der Waals surface area (Å²) in [6.45, 7) is 3.11. The summed E-state index contributed by atoms with van der Waals surface area (Å²) in [5, 5.41) is 2.98. The van der Waals surface area contributed by atoms with E-state index >= 15 is 0 Å². The lowest BCUT2D eigenvalue weighted by Crippen LogP contribution is -3.14. The first-order valence-electron chi connectivity index (χ1n) is 9.95. The molecule has 28 heavy (non-hydrogen) atoms. The fraction of sp³-hybridized carbons (Fsp3) is 0.391. The quantitative estimate of drug-likeness (QED) is 0.717. The Kier molecular flexibility index (Phi) is 7.20. The number of esters is 1. The van der Waals surface area contributed by atoms with Crippen molar-refractivity contribution in [3.8, 4) is 0 Å². The molecule has 0 atom stereocenters. The molecule has 0 bridgehead atoms. The maximum atomic E-state index is 12.3. The van der Waals surface area contributed by atoms with Crippen LogP contribution in [0.1, 0.15) is 34.3 Å². The lowest BCUT2D eigenvalue weighted by atomic mass is 9.90.